The number of methoxy groups -OCH3 is 1. The Balaban J connectivity index is 1.54. The number of ether oxygens (including phenoxy) is 1. The van der Waals surface area contributed by atoms with Crippen molar-refractivity contribution < 1.29 is 4.74 Å². The number of fused-ring (bicyclic) bond motifs is 2. The van der Waals surface area contributed by atoms with Gasteiger partial charge in [-0.05, 0) is 75.2 Å². The largest absolute Gasteiger partial charge is 0.497 e. The minimum atomic E-state index is 0.707. The first-order valence-electron chi connectivity index (χ1n) is 10.2. The van der Waals surface area contributed by atoms with Gasteiger partial charge in [0, 0.05) is 28.4 Å². The van der Waals surface area contributed by atoms with Crippen LogP contribution in [0.15, 0.2) is 36.4 Å². The lowest BCUT2D eigenvalue weighted by atomic mass is 10.1. The normalized spacial score (nSPS) is 14.1. The zero-order valence-electron chi connectivity index (χ0n) is 16.7. The number of aromatic nitrogens is 1. The van der Waals surface area contributed by atoms with Gasteiger partial charge in [0.2, 0.25) is 0 Å². The summed E-state index contributed by atoms with van der Waals surface area (Å²) in [5, 5.41) is 6.57. The third-order valence-electron chi connectivity index (χ3n) is 5.59. The summed E-state index contributed by atoms with van der Waals surface area (Å²) < 4.78 is 5.44. The highest BCUT2D eigenvalue weighted by Crippen LogP contribution is 2.34. The molecule has 3 aromatic rings. The van der Waals surface area contributed by atoms with Crippen LogP contribution in [0.25, 0.3) is 21.8 Å². The van der Waals surface area contributed by atoms with E-state index in [0.717, 1.165) is 58.8 Å². The van der Waals surface area contributed by atoms with Crippen LogP contribution >= 0.6 is 11.6 Å². The molecule has 28 heavy (non-hydrogen) atoms. The molecule has 5 heteroatoms. The van der Waals surface area contributed by atoms with Crippen LogP contribution in [0.3, 0.4) is 0 Å². The maximum atomic E-state index is 6.20. The monoisotopic (exact) mass is 397 g/mol. The number of nitrogens with one attached hydrogen (secondary N) is 1. The Labute approximate surface area is 171 Å². The third kappa shape index (κ3) is 4.18. The third-order valence-corrected chi connectivity index (χ3v) is 5.82. The standard InChI is InChI=1S/C23H28ClN3O/c1-3-27(17-7-8-17)13-5-4-12-25-23-19-10-6-16(24)14-22(19)26-21-11-9-18(28-2)15-20(21)23/h6,9-11,14-15,17H,3-5,7-8,12-13H2,1-2H3,(H,25,26). The Bertz CT molecular complexity index is 971. The van der Waals surface area contributed by atoms with Gasteiger partial charge in [0.1, 0.15) is 5.75 Å². The molecule has 1 heterocycles. The van der Waals surface area contributed by atoms with Crippen LogP contribution in [-0.4, -0.2) is 42.7 Å². The summed E-state index contributed by atoms with van der Waals surface area (Å²) in [5.41, 5.74) is 2.98. The fraction of sp³-hybridized carbons (Fsp3) is 0.435. The van der Waals surface area contributed by atoms with E-state index in [-0.39, 0.29) is 0 Å². The summed E-state index contributed by atoms with van der Waals surface area (Å²) >= 11 is 6.20. The summed E-state index contributed by atoms with van der Waals surface area (Å²) in [6.45, 7) is 5.57. The molecule has 1 saturated carbocycles. The minimum absolute atomic E-state index is 0.707. The molecule has 0 radical (unpaired) electrons. The number of hydrogen-bond acceptors (Lipinski definition) is 4. The first-order chi connectivity index (χ1) is 13.7. The lowest BCUT2D eigenvalue weighted by molar-refractivity contribution is 0.273. The van der Waals surface area contributed by atoms with Crippen molar-refractivity contribution in [3.63, 3.8) is 0 Å². The van der Waals surface area contributed by atoms with Crippen LogP contribution in [-0.2, 0) is 0 Å². The molecule has 0 amide bonds. The van der Waals surface area contributed by atoms with Crippen molar-refractivity contribution >= 4 is 39.1 Å². The van der Waals surface area contributed by atoms with Gasteiger partial charge in [-0.1, -0.05) is 18.5 Å². The van der Waals surface area contributed by atoms with E-state index in [1.807, 2.05) is 24.3 Å². The number of hydrogen-bond donors (Lipinski definition) is 1. The number of benzene rings is 2. The number of halogens is 1. The van der Waals surface area contributed by atoms with E-state index in [1.54, 1.807) is 7.11 Å². The molecule has 0 unspecified atom stereocenters. The van der Waals surface area contributed by atoms with Crippen LogP contribution in [0.5, 0.6) is 5.75 Å². The minimum Gasteiger partial charge on any atom is -0.497 e. The Morgan fingerprint density at radius 1 is 1.11 bits per heavy atom. The fourth-order valence-corrected chi connectivity index (χ4v) is 4.07. The molecule has 148 valence electrons. The molecule has 0 bridgehead atoms. The number of rotatable bonds is 9. The molecule has 1 aliphatic rings. The van der Waals surface area contributed by atoms with Crippen molar-refractivity contribution in [2.24, 2.45) is 0 Å². The predicted molar refractivity (Wildman–Crippen MR) is 119 cm³/mol. The highest BCUT2D eigenvalue weighted by molar-refractivity contribution is 6.31. The van der Waals surface area contributed by atoms with Gasteiger partial charge < -0.3 is 15.0 Å². The molecule has 4 nitrogen and oxygen atoms in total. The summed E-state index contributed by atoms with van der Waals surface area (Å²) in [6, 6.07) is 12.8. The van der Waals surface area contributed by atoms with Gasteiger partial charge in [-0.3, -0.25) is 0 Å². The van der Waals surface area contributed by atoms with E-state index in [4.69, 9.17) is 21.3 Å². The van der Waals surface area contributed by atoms with Gasteiger partial charge in [-0.25, -0.2) is 4.98 Å². The van der Waals surface area contributed by atoms with Crippen molar-refractivity contribution in [2.45, 2.75) is 38.6 Å². The second-order valence-corrected chi connectivity index (χ2v) is 7.96. The number of anilines is 1. The van der Waals surface area contributed by atoms with E-state index < -0.39 is 0 Å². The second-order valence-electron chi connectivity index (χ2n) is 7.53. The maximum absolute atomic E-state index is 6.20. The quantitative estimate of drug-likeness (QED) is 0.369. The lowest BCUT2D eigenvalue weighted by Gasteiger charge is -2.19. The Kier molecular flexibility index (Phi) is 5.88. The van der Waals surface area contributed by atoms with Crippen molar-refractivity contribution in [1.29, 1.82) is 0 Å². The molecule has 0 saturated heterocycles. The summed E-state index contributed by atoms with van der Waals surface area (Å²) in [7, 11) is 1.70. The topological polar surface area (TPSA) is 37.4 Å². The second kappa shape index (κ2) is 8.54. The predicted octanol–water partition coefficient (Wildman–Crippen LogP) is 5.73. The maximum Gasteiger partial charge on any atom is 0.119 e. The summed E-state index contributed by atoms with van der Waals surface area (Å²) in [5.74, 6) is 0.841. The van der Waals surface area contributed by atoms with Gasteiger partial charge in [0.25, 0.3) is 0 Å². The molecule has 1 fully saturated rings. The molecule has 4 rings (SSSR count). The average molecular weight is 398 g/mol. The van der Waals surface area contributed by atoms with Gasteiger partial charge >= 0.3 is 0 Å². The number of pyridine rings is 1. The van der Waals surface area contributed by atoms with Gasteiger partial charge in [-0.2, -0.15) is 0 Å². The van der Waals surface area contributed by atoms with Crippen molar-refractivity contribution in [1.82, 2.24) is 9.88 Å². The van der Waals surface area contributed by atoms with Crippen LogP contribution in [0.1, 0.15) is 32.6 Å². The van der Waals surface area contributed by atoms with E-state index in [0.29, 0.717) is 5.02 Å². The molecule has 1 N–H and O–H groups in total. The fourth-order valence-electron chi connectivity index (χ4n) is 3.91. The van der Waals surface area contributed by atoms with Crippen LogP contribution in [0.2, 0.25) is 5.02 Å². The first kappa shape index (κ1) is 19.3. The van der Waals surface area contributed by atoms with Crippen molar-refractivity contribution in [2.75, 3.05) is 32.1 Å². The average Bonchev–Trinajstić information content (AvgIpc) is 3.54. The molecular weight excluding hydrogens is 370 g/mol. The molecular formula is C23H28ClN3O. The van der Waals surface area contributed by atoms with Gasteiger partial charge in [0.05, 0.1) is 23.8 Å². The summed E-state index contributed by atoms with van der Waals surface area (Å²) in [4.78, 5) is 7.41. The van der Waals surface area contributed by atoms with Crippen molar-refractivity contribution in [3.8, 4) is 5.75 Å². The van der Waals surface area contributed by atoms with Crippen molar-refractivity contribution in [3.05, 3.63) is 41.4 Å². The SMILES string of the molecule is CCN(CCCCNc1c2ccc(Cl)cc2nc2ccc(OC)cc12)C1CC1. The Morgan fingerprint density at radius 2 is 1.96 bits per heavy atom. The van der Waals surface area contributed by atoms with Crippen LogP contribution in [0, 0.1) is 0 Å². The smallest absolute Gasteiger partial charge is 0.119 e. The zero-order valence-corrected chi connectivity index (χ0v) is 17.4. The number of unbranched alkanes of at least 4 members (excludes halogenated alkanes) is 1. The van der Waals surface area contributed by atoms with Gasteiger partial charge in [0.15, 0.2) is 0 Å². The summed E-state index contributed by atoms with van der Waals surface area (Å²) in [6.07, 6.45) is 5.12. The Morgan fingerprint density at radius 3 is 2.71 bits per heavy atom. The van der Waals surface area contributed by atoms with Crippen LogP contribution in [0.4, 0.5) is 5.69 Å². The van der Waals surface area contributed by atoms with E-state index in [2.05, 4.69) is 29.3 Å². The number of nitrogens with zero attached hydrogens (tertiary/aromatic N) is 2. The van der Waals surface area contributed by atoms with E-state index in [1.165, 1.54) is 25.8 Å². The molecule has 0 aliphatic heterocycles. The van der Waals surface area contributed by atoms with E-state index >= 15 is 0 Å². The molecule has 2 aromatic carbocycles. The van der Waals surface area contributed by atoms with E-state index in [9.17, 15) is 0 Å². The van der Waals surface area contributed by atoms with Gasteiger partial charge in [-0.15, -0.1) is 0 Å². The lowest BCUT2D eigenvalue weighted by Crippen LogP contribution is -2.27. The highest BCUT2D eigenvalue weighted by Gasteiger charge is 2.26. The molecule has 1 aliphatic carbocycles. The molecule has 1 aromatic heterocycles. The Hall–Kier alpha value is -2.04. The van der Waals surface area contributed by atoms with Crippen LogP contribution < -0.4 is 10.1 Å². The zero-order chi connectivity index (χ0) is 19.5. The highest BCUT2D eigenvalue weighted by atomic mass is 35.5. The molecule has 0 atom stereocenters. The molecule has 0 spiro atoms. The first-order valence-corrected chi connectivity index (χ1v) is 10.6.